The van der Waals surface area contributed by atoms with Gasteiger partial charge in [0.15, 0.2) is 0 Å². The minimum absolute atomic E-state index is 0.0846. The number of nitrogens with one attached hydrogen (secondary N) is 1. The predicted molar refractivity (Wildman–Crippen MR) is 109 cm³/mol. The second-order valence-corrected chi connectivity index (χ2v) is 7.91. The molecule has 6 heteroatoms. The van der Waals surface area contributed by atoms with E-state index in [0.717, 1.165) is 42.3 Å². The molecule has 0 spiro atoms. The Morgan fingerprint density at radius 2 is 2.11 bits per heavy atom. The van der Waals surface area contributed by atoms with Crippen LogP contribution >= 0.6 is 11.3 Å². The van der Waals surface area contributed by atoms with Gasteiger partial charge in [0.2, 0.25) is 0 Å². The number of nitrogens with zero attached hydrogens (tertiary/aromatic N) is 3. The summed E-state index contributed by atoms with van der Waals surface area (Å²) in [5, 5.41) is 10.0. The van der Waals surface area contributed by atoms with E-state index in [-0.39, 0.29) is 5.91 Å². The molecule has 4 rings (SSSR count). The number of piperidine rings is 1. The topological polar surface area (TPSA) is 50.2 Å². The number of rotatable bonds is 5. The average molecular weight is 381 g/mol. The van der Waals surface area contributed by atoms with Crippen molar-refractivity contribution in [1.82, 2.24) is 20.0 Å². The van der Waals surface area contributed by atoms with Gasteiger partial charge in [0.05, 0.1) is 16.1 Å². The van der Waals surface area contributed by atoms with Gasteiger partial charge in [-0.25, -0.2) is 4.68 Å². The molecule has 1 saturated heterocycles. The Bertz CT molecular complexity index is 886. The summed E-state index contributed by atoms with van der Waals surface area (Å²) in [6.45, 7) is 2.57. The third kappa shape index (κ3) is 3.82. The first-order valence-electron chi connectivity index (χ1n) is 9.39. The fourth-order valence-electron chi connectivity index (χ4n) is 3.71. The van der Waals surface area contributed by atoms with E-state index in [9.17, 15) is 4.79 Å². The highest BCUT2D eigenvalue weighted by Gasteiger charge is 2.28. The Morgan fingerprint density at radius 1 is 1.26 bits per heavy atom. The lowest BCUT2D eigenvalue weighted by Gasteiger charge is -2.32. The Morgan fingerprint density at radius 3 is 2.85 bits per heavy atom. The van der Waals surface area contributed by atoms with Gasteiger partial charge in [0.25, 0.3) is 5.91 Å². The molecule has 1 aliphatic heterocycles. The molecular formula is C21H24N4OS. The number of likely N-dealkylation sites (tertiary alicyclic amines) is 1. The number of aromatic nitrogens is 2. The Balaban J connectivity index is 1.68. The molecule has 3 heterocycles. The van der Waals surface area contributed by atoms with E-state index < -0.39 is 0 Å². The monoisotopic (exact) mass is 380 g/mol. The number of amides is 1. The molecule has 3 aromatic rings. The number of hydrogen-bond donors (Lipinski definition) is 1. The van der Waals surface area contributed by atoms with E-state index in [1.807, 2.05) is 70.7 Å². The summed E-state index contributed by atoms with van der Waals surface area (Å²) < 4.78 is 1.82. The first-order chi connectivity index (χ1) is 13.3. The summed E-state index contributed by atoms with van der Waals surface area (Å²) in [7, 11) is 1.97. The molecule has 0 saturated carbocycles. The lowest BCUT2D eigenvalue weighted by atomic mass is 9.97. The van der Waals surface area contributed by atoms with Crippen molar-refractivity contribution in [3.8, 4) is 16.3 Å². The van der Waals surface area contributed by atoms with Crippen molar-refractivity contribution in [2.45, 2.75) is 12.8 Å². The molecule has 0 aliphatic carbocycles. The number of benzene rings is 1. The summed E-state index contributed by atoms with van der Waals surface area (Å²) in [5.41, 5.74) is 2.42. The molecule has 0 radical (unpaired) electrons. The van der Waals surface area contributed by atoms with Crippen molar-refractivity contribution in [1.29, 1.82) is 0 Å². The van der Waals surface area contributed by atoms with Crippen molar-refractivity contribution in [2.24, 2.45) is 5.92 Å². The first kappa shape index (κ1) is 17.9. The Kier molecular flexibility index (Phi) is 5.36. The second kappa shape index (κ2) is 8.06. The predicted octanol–water partition coefficient (Wildman–Crippen LogP) is 3.67. The molecule has 1 aromatic carbocycles. The van der Waals surface area contributed by atoms with Crippen LogP contribution in [0.1, 0.15) is 23.2 Å². The zero-order valence-corrected chi connectivity index (χ0v) is 16.3. The van der Waals surface area contributed by atoms with Crippen LogP contribution in [0.2, 0.25) is 0 Å². The lowest BCUT2D eigenvalue weighted by Crippen LogP contribution is -2.42. The van der Waals surface area contributed by atoms with Crippen molar-refractivity contribution in [3.05, 3.63) is 59.6 Å². The summed E-state index contributed by atoms with van der Waals surface area (Å²) in [4.78, 5) is 16.4. The Labute approximate surface area is 163 Å². The molecule has 1 N–H and O–H groups in total. The van der Waals surface area contributed by atoms with Gasteiger partial charge >= 0.3 is 0 Å². The van der Waals surface area contributed by atoms with Crippen LogP contribution in [0.5, 0.6) is 0 Å². The summed E-state index contributed by atoms with van der Waals surface area (Å²) >= 11 is 1.61. The molecule has 1 fully saturated rings. The highest BCUT2D eigenvalue weighted by atomic mass is 32.1. The van der Waals surface area contributed by atoms with Crippen molar-refractivity contribution in [3.63, 3.8) is 0 Å². The van der Waals surface area contributed by atoms with E-state index in [4.69, 9.17) is 5.10 Å². The molecule has 140 valence electrons. The van der Waals surface area contributed by atoms with Gasteiger partial charge in [-0.3, -0.25) is 4.79 Å². The van der Waals surface area contributed by atoms with Crippen LogP contribution in [0, 0.1) is 5.92 Å². The van der Waals surface area contributed by atoms with E-state index in [0.29, 0.717) is 11.5 Å². The van der Waals surface area contributed by atoms with Crippen molar-refractivity contribution < 1.29 is 4.79 Å². The van der Waals surface area contributed by atoms with Crippen molar-refractivity contribution >= 4 is 17.2 Å². The van der Waals surface area contributed by atoms with Gasteiger partial charge < -0.3 is 10.2 Å². The molecule has 1 aliphatic rings. The SMILES string of the molecule is CNCC1CCCN(C(=O)c2cn(-c3ccccc3)nc2-c2cccs2)C1. The van der Waals surface area contributed by atoms with Crippen LogP contribution in [0.4, 0.5) is 0 Å². The van der Waals surface area contributed by atoms with E-state index in [1.54, 1.807) is 11.3 Å². The summed E-state index contributed by atoms with van der Waals surface area (Å²) in [5.74, 6) is 0.600. The Hall–Kier alpha value is -2.44. The maximum Gasteiger partial charge on any atom is 0.257 e. The smallest absolute Gasteiger partial charge is 0.257 e. The molecule has 1 unspecified atom stereocenters. The number of carbonyl (C=O) groups excluding carboxylic acids is 1. The van der Waals surface area contributed by atoms with E-state index in [2.05, 4.69) is 5.32 Å². The third-order valence-electron chi connectivity index (χ3n) is 5.02. The number of hydrogen-bond acceptors (Lipinski definition) is 4. The second-order valence-electron chi connectivity index (χ2n) is 6.97. The molecule has 27 heavy (non-hydrogen) atoms. The van der Waals surface area contributed by atoms with Crippen LogP contribution < -0.4 is 5.32 Å². The van der Waals surface area contributed by atoms with Gasteiger partial charge in [0.1, 0.15) is 5.69 Å². The zero-order chi connectivity index (χ0) is 18.6. The molecule has 1 atom stereocenters. The molecule has 0 bridgehead atoms. The third-order valence-corrected chi connectivity index (χ3v) is 5.90. The van der Waals surface area contributed by atoms with Crippen LogP contribution in [0.3, 0.4) is 0 Å². The van der Waals surface area contributed by atoms with E-state index in [1.165, 1.54) is 6.42 Å². The maximum atomic E-state index is 13.4. The van der Waals surface area contributed by atoms with Gasteiger partial charge in [-0.2, -0.15) is 5.10 Å². The first-order valence-corrected chi connectivity index (χ1v) is 10.3. The fraction of sp³-hybridized carbons (Fsp3) is 0.333. The number of thiophene rings is 1. The average Bonchev–Trinajstić information content (AvgIpc) is 3.38. The highest BCUT2D eigenvalue weighted by Crippen LogP contribution is 2.29. The van der Waals surface area contributed by atoms with Gasteiger partial charge in [0, 0.05) is 19.3 Å². The normalized spacial score (nSPS) is 17.2. The number of carbonyl (C=O) groups is 1. The van der Waals surface area contributed by atoms with Gasteiger partial charge in [-0.1, -0.05) is 24.3 Å². The minimum Gasteiger partial charge on any atom is -0.338 e. The van der Waals surface area contributed by atoms with Gasteiger partial charge in [-0.15, -0.1) is 11.3 Å². The fourth-order valence-corrected chi connectivity index (χ4v) is 4.44. The molecular weight excluding hydrogens is 356 g/mol. The lowest BCUT2D eigenvalue weighted by molar-refractivity contribution is 0.0675. The van der Waals surface area contributed by atoms with Crippen LogP contribution in [-0.4, -0.2) is 47.3 Å². The highest BCUT2D eigenvalue weighted by molar-refractivity contribution is 7.13. The number of para-hydroxylation sites is 1. The maximum absolute atomic E-state index is 13.4. The van der Waals surface area contributed by atoms with Crippen LogP contribution in [0.15, 0.2) is 54.0 Å². The quantitative estimate of drug-likeness (QED) is 0.735. The van der Waals surface area contributed by atoms with Crippen LogP contribution in [0.25, 0.3) is 16.3 Å². The standard InChI is InChI=1S/C21H24N4OS/c1-22-13-16-7-5-11-24(14-16)21(26)18-15-25(17-8-3-2-4-9-17)23-20(18)19-10-6-12-27-19/h2-4,6,8-10,12,15-16,22H,5,7,11,13-14H2,1H3. The summed E-state index contributed by atoms with van der Waals surface area (Å²) in [6, 6.07) is 14.0. The van der Waals surface area contributed by atoms with Gasteiger partial charge in [-0.05, 0) is 55.9 Å². The molecule has 2 aromatic heterocycles. The zero-order valence-electron chi connectivity index (χ0n) is 15.5. The molecule has 1 amide bonds. The van der Waals surface area contributed by atoms with E-state index >= 15 is 0 Å². The molecule has 5 nitrogen and oxygen atoms in total. The largest absolute Gasteiger partial charge is 0.338 e. The minimum atomic E-state index is 0.0846. The van der Waals surface area contributed by atoms with Crippen LogP contribution in [-0.2, 0) is 0 Å². The van der Waals surface area contributed by atoms with Crippen molar-refractivity contribution in [2.75, 3.05) is 26.7 Å². The summed E-state index contributed by atoms with van der Waals surface area (Å²) in [6.07, 6.45) is 4.11.